The molecular formula is AsGa2In2N. The SMILES string of the molecule is [As-3].[Ga].[Ga].[In+3].[In+3].[N-3]. The molecule has 0 unspecified atom stereocenters. The summed E-state index contributed by atoms with van der Waals surface area (Å²) in [6.07, 6.45) is 0. The molecule has 6 heteroatoms. The van der Waals surface area contributed by atoms with Gasteiger partial charge in [-0.15, -0.1) is 0 Å². The third-order valence-corrected chi connectivity index (χ3v) is 0. The smallest absolute Gasteiger partial charge is 3.00 e. The van der Waals surface area contributed by atoms with E-state index in [0.29, 0.717) is 0 Å². The van der Waals surface area contributed by atoms with Crippen molar-refractivity contribution in [2.75, 3.05) is 0 Å². The Labute approximate surface area is 113 Å². The molecular weight excluding hydrogens is 458 g/mol. The summed E-state index contributed by atoms with van der Waals surface area (Å²) in [5.74, 6) is 0. The molecule has 0 bridgehead atoms. The van der Waals surface area contributed by atoms with Crippen molar-refractivity contribution in [3.63, 3.8) is 0 Å². The van der Waals surface area contributed by atoms with Crippen LogP contribution in [0.5, 0.6) is 0 Å². The largest absolute Gasteiger partial charge is 3.00 e. The Morgan fingerprint density at radius 2 is 0.667 bits per heavy atom. The summed E-state index contributed by atoms with van der Waals surface area (Å²) in [6, 6.07) is 0. The molecule has 0 aliphatic heterocycles. The summed E-state index contributed by atoms with van der Waals surface area (Å²) < 4.78 is 0. The van der Waals surface area contributed by atoms with Crippen molar-refractivity contribution < 1.29 is 0 Å². The quantitative estimate of drug-likeness (QED) is 0.392. The van der Waals surface area contributed by atoms with Crippen LogP contribution in [-0.2, 0) is 0 Å². The molecule has 22 valence electrons. The van der Waals surface area contributed by atoms with Crippen molar-refractivity contribution in [1.29, 1.82) is 0 Å². The second-order valence-electron chi connectivity index (χ2n) is 0. The predicted molar refractivity (Wildman–Crippen MR) is 32.1 cm³/mol. The van der Waals surface area contributed by atoms with Crippen LogP contribution in [0.15, 0.2) is 0 Å². The Morgan fingerprint density at radius 1 is 0.667 bits per heavy atom. The standard InChI is InChI=1S/As.2Ga.2In.N/q-3;;;2*+3;-3. The molecule has 0 amide bonds. The van der Waals surface area contributed by atoms with E-state index in [4.69, 9.17) is 0 Å². The molecule has 1 nitrogen and oxygen atoms in total. The fraction of sp³-hybridized carbons (Fsp3) is 0. The van der Waals surface area contributed by atoms with Gasteiger partial charge >= 0.3 is 51.7 Å². The second-order valence-corrected chi connectivity index (χ2v) is 0. The van der Waals surface area contributed by atoms with E-state index in [1.807, 2.05) is 0 Å². The van der Waals surface area contributed by atoms with E-state index in [2.05, 4.69) is 0 Å². The Hall–Kier alpha value is 3.53. The number of hydrogen-bond acceptors (Lipinski definition) is 0. The van der Waals surface area contributed by atoms with Gasteiger partial charge < -0.3 is 24.1 Å². The first-order chi connectivity index (χ1) is 0. The van der Waals surface area contributed by atoms with Crippen molar-refractivity contribution in [3.8, 4) is 0 Å². The summed E-state index contributed by atoms with van der Waals surface area (Å²) in [5, 5.41) is 0. The summed E-state index contributed by atoms with van der Waals surface area (Å²) in [6.45, 7) is 0. The van der Waals surface area contributed by atoms with Gasteiger partial charge in [0.05, 0.1) is 0 Å². The van der Waals surface area contributed by atoms with E-state index in [1.54, 1.807) is 0 Å². The van der Waals surface area contributed by atoms with Gasteiger partial charge in [0.2, 0.25) is 0 Å². The van der Waals surface area contributed by atoms with E-state index in [0.717, 1.165) is 0 Å². The van der Waals surface area contributed by atoms with E-state index in [1.165, 1.54) is 0 Å². The Kier molecular flexibility index (Phi) is 360. The average Bonchev–Trinajstić information content (AvgIpc) is 0. The Morgan fingerprint density at radius 3 is 0.667 bits per heavy atom. The van der Waals surface area contributed by atoms with Crippen LogP contribution in [0.4, 0.5) is 0 Å². The van der Waals surface area contributed by atoms with E-state index < -0.39 is 0 Å². The van der Waals surface area contributed by atoms with Crippen molar-refractivity contribution >= 4 is 109 Å². The van der Waals surface area contributed by atoms with Crippen molar-refractivity contribution in [2.45, 2.75) is 0 Å². The molecule has 0 aliphatic carbocycles. The zero-order chi connectivity index (χ0) is 0. The van der Waals surface area contributed by atoms with Gasteiger partial charge in [0.15, 0.2) is 0 Å². The van der Waals surface area contributed by atoms with Gasteiger partial charge in [0.1, 0.15) is 0 Å². The molecule has 0 rings (SSSR count). The third kappa shape index (κ3) is 25.8. The van der Waals surface area contributed by atoms with Crippen LogP contribution in [0.2, 0.25) is 0 Å². The number of rotatable bonds is 0. The predicted octanol–water partition coefficient (Wildman–Crippen LogP) is -1.62. The zero-order valence-corrected chi connectivity index (χ0v) is 16.5. The minimum Gasteiger partial charge on any atom is -3.00 e. The van der Waals surface area contributed by atoms with Gasteiger partial charge in [-0.2, -0.15) is 0 Å². The maximum atomic E-state index is 0. The van der Waals surface area contributed by atoms with Gasteiger partial charge in [-0.1, -0.05) is 0 Å². The fourth-order valence-corrected chi connectivity index (χ4v) is 0. The van der Waals surface area contributed by atoms with Gasteiger partial charge in [0, 0.05) is 39.6 Å². The first kappa shape index (κ1) is 55.6. The van der Waals surface area contributed by atoms with Crippen LogP contribution >= 0.6 is 0 Å². The monoisotopic (exact) mass is 457 g/mol. The molecule has 6 radical (unpaired) electrons. The van der Waals surface area contributed by atoms with E-state index in [9.17, 15) is 0 Å². The van der Waals surface area contributed by atoms with Crippen molar-refractivity contribution in [3.05, 3.63) is 6.15 Å². The Balaban J connectivity index is 0. The minimum absolute atomic E-state index is 0. The van der Waals surface area contributed by atoms with Gasteiger partial charge in [-0.25, -0.2) is 0 Å². The Bertz CT molecular complexity index is 11.5. The molecule has 0 fully saturated rings. The first-order valence-corrected chi connectivity index (χ1v) is 0. The maximum absolute atomic E-state index is 0. The second kappa shape index (κ2) is 38.8. The molecule has 0 atom stereocenters. The van der Waals surface area contributed by atoms with E-state index in [-0.39, 0.29) is 115 Å². The third-order valence-electron chi connectivity index (χ3n) is 0. The van der Waals surface area contributed by atoms with E-state index >= 15 is 0 Å². The molecule has 6 heavy (non-hydrogen) atoms. The molecule has 0 aliphatic rings. The number of hydrogen-bond donors (Lipinski definition) is 0. The zero-order valence-electron chi connectivity index (χ0n) is 3.20. The molecule has 0 spiro atoms. The molecule has 0 saturated carbocycles. The maximum Gasteiger partial charge on any atom is 3.00 e. The van der Waals surface area contributed by atoms with Crippen molar-refractivity contribution in [1.82, 2.24) is 0 Å². The molecule has 0 aromatic heterocycles. The van der Waals surface area contributed by atoms with Crippen LogP contribution in [0.3, 0.4) is 0 Å². The average molecular weight is 458 g/mol. The molecule has 0 heterocycles. The van der Waals surface area contributed by atoms with Crippen LogP contribution in [0.25, 0.3) is 6.15 Å². The van der Waals surface area contributed by atoms with Crippen LogP contribution in [-0.4, -0.2) is 109 Å². The van der Waals surface area contributed by atoms with Gasteiger partial charge in [0.25, 0.3) is 0 Å². The molecule has 0 aromatic carbocycles. The first-order valence-electron chi connectivity index (χ1n) is 0. The van der Waals surface area contributed by atoms with Gasteiger partial charge in [-0.3, -0.25) is 0 Å². The molecule has 0 saturated heterocycles. The van der Waals surface area contributed by atoms with Crippen LogP contribution < -0.4 is 0 Å². The fourth-order valence-electron chi connectivity index (χ4n) is 0. The molecule has 0 aromatic rings. The summed E-state index contributed by atoms with van der Waals surface area (Å²) in [7, 11) is 0. The summed E-state index contributed by atoms with van der Waals surface area (Å²) in [4.78, 5) is 0. The minimum atomic E-state index is 0. The number of nitrogens with zero attached hydrogens (tertiary/aromatic N) is 1. The normalized spacial score (nSPS) is 0. The topological polar surface area (TPSA) is 30.5 Å². The summed E-state index contributed by atoms with van der Waals surface area (Å²) in [5.41, 5.74) is 0. The molecule has 0 N–H and O–H groups in total. The summed E-state index contributed by atoms with van der Waals surface area (Å²) >= 11 is 0. The van der Waals surface area contributed by atoms with Crippen molar-refractivity contribution in [2.24, 2.45) is 0 Å². The van der Waals surface area contributed by atoms with Crippen LogP contribution in [0, 0.1) is 0 Å². The van der Waals surface area contributed by atoms with Crippen LogP contribution in [0.1, 0.15) is 0 Å². The van der Waals surface area contributed by atoms with Gasteiger partial charge in [-0.05, 0) is 0 Å².